The number of hydrogen-bond acceptors (Lipinski definition) is 6. The average Bonchev–Trinajstić information content (AvgIpc) is 3.41. The number of nitrogens with zero attached hydrogens (tertiary/aromatic N) is 3. The lowest BCUT2D eigenvalue weighted by Gasteiger charge is -2.21. The van der Waals surface area contributed by atoms with Crippen molar-refractivity contribution in [1.82, 2.24) is 10.2 Å². The number of anilines is 2. The lowest BCUT2D eigenvalue weighted by molar-refractivity contribution is 0.355. The molecule has 3 heterocycles. The zero-order valence-corrected chi connectivity index (χ0v) is 16.5. The number of fused-ring (bicyclic) bond motifs is 2. The van der Waals surface area contributed by atoms with Crippen LogP contribution in [0.3, 0.4) is 0 Å². The highest BCUT2D eigenvalue weighted by Gasteiger charge is 2.24. The zero-order chi connectivity index (χ0) is 19.1. The number of rotatable bonds is 4. The van der Waals surface area contributed by atoms with Gasteiger partial charge in [0.1, 0.15) is 0 Å². The molecule has 0 aliphatic carbocycles. The summed E-state index contributed by atoms with van der Waals surface area (Å²) in [5, 5.41) is 13.8. The van der Waals surface area contributed by atoms with E-state index in [1.54, 1.807) is 25.6 Å². The first-order chi connectivity index (χ1) is 13.8. The molecule has 0 radical (unpaired) electrons. The third-order valence-corrected chi connectivity index (χ3v) is 5.93. The lowest BCUT2D eigenvalue weighted by Crippen LogP contribution is -2.14. The van der Waals surface area contributed by atoms with E-state index in [2.05, 4.69) is 50.1 Å². The van der Waals surface area contributed by atoms with Gasteiger partial charge in [0.2, 0.25) is 0 Å². The summed E-state index contributed by atoms with van der Waals surface area (Å²) in [5.41, 5.74) is 6.95. The van der Waals surface area contributed by atoms with E-state index in [-0.39, 0.29) is 0 Å². The van der Waals surface area contributed by atoms with Gasteiger partial charge in [0, 0.05) is 23.7 Å². The first kappa shape index (κ1) is 17.0. The van der Waals surface area contributed by atoms with Gasteiger partial charge in [-0.25, -0.2) is 0 Å². The Bertz CT molecular complexity index is 1160. The molecule has 6 heteroatoms. The summed E-state index contributed by atoms with van der Waals surface area (Å²) in [6.07, 6.45) is 2.83. The van der Waals surface area contributed by atoms with E-state index in [1.165, 1.54) is 22.4 Å². The van der Waals surface area contributed by atoms with Gasteiger partial charge >= 0.3 is 0 Å². The smallest absolute Gasteiger partial charge is 0.162 e. The van der Waals surface area contributed by atoms with Crippen LogP contribution in [0.5, 0.6) is 11.5 Å². The number of ether oxygens (including phenoxy) is 2. The number of aromatic nitrogens is 2. The topological polar surface area (TPSA) is 47.5 Å². The van der Waals surface area contributed by atoms with E-state index in [1.807, 2.05) is 18.3 Å². The number of hydrogen-bond donors (Lipinski definition) is 0. The van der Waals surface area contributed by atoms with Crippen LogP contribution in [0.1, 0.15) is 5.56 Å². The number of benzene rings is 2. The summed E-state index contributed by atoms with van der Waals surface area (Å²) in [7, 11) is 3.28. The second kappa shape index (κ2) is 6.80. The van der Waals surface area contributed by atoms with Gasteiger partial charge in [0.05, 0.1) is 31.6 Å². The van der Waals surface area contributed by atoms with Crippen LogP contribution in [0.2, 0.25) is 0 Å². The Morgan fingerprint density at radius 2 is 1.82 bits per heavy atom. The Kier molecular flexibility index (Phi) is 4.13. The normalized spacial score (nSPS) is 13.0. The molecule has 0 saturated carbocycles. The van der Waals surface area contributed by atoms with Gasteiger partial charge in [0.25, 0.3) is 0 Å². The summed E-state index contributed by atoms with van der Waals surface area (Å²) in [4.78, 5) is 2.32. The van der Waals surface area contributed by atoms with E-state index >= 15 is 0 Å². The second-order valence-electron chi connectivity index (χ2n) is 6.71. The average molecular weight is 389 g/mol. The van der Waals surface area contributed by atoms with Crippen LogP contribution in [0.15, 0.2) is 53.4 Å². The van der Waals surface area contributed by atoms with Crippen molar-refractivity contribution in [2.45, 2.75) is 6.42 Å². The molecule has 0 bridgehead atoms. The molecule has 2 aromatic carbocycles. The standard InChI is InChI=1S/C22H19N3O2S/c1-26-21-10-17-18(11-22(21)27-2)24-23-12-20(17)25-7-5-15-9-14(3-4-19(15)25)16-6-8-28-13-16/h3-4,6,8-13H,5,7H2,1-2H3. The third kappa shape index (κ3) is 2.68. The molecule has 0 saturated heterocycles. The highest BCUT2D eigenvalue weighted by Crippen LogP contribution is 2.41. The molecular weight excluding hydrogens is 370 g/mol. The highest BCUT2D eigenvalue weighted by molar-refractivity contribution is 7.08. The van der Waals surface area contributed by atoms with Gasteiger partial charge in [-0.3, -0.25) is 0 Å². The maximum absolute atomic E-state index is 5.50. The van der Waals surface area contributed by atoms with Crippen LogP contribution < -0.4 is 14.4 Å². The van der Waals surface area contributed by atoms with Gasteiger partial charge in [-0.1, -0.05) is 6.07 Å². The molecule has 4 aromatic rings. The molecule has 0 spiro atoms. The maximum atomic E-state index is 5.50. The molecule has 1 aliphatic rings. The molecule has 0 N–H and O–H groups in total. The Hall–Kier alpha value is -3.12. The van der Waals surface area contributed by atoms with Gasteiger partial charge in [-0.15, -0.1) is 0 Å². The van der Waals surface area contributed by atoms with E-state index in [0.717, 1.165) is 29.6 Å². The van der Waals surface area contributed by atoms with Crippen molar-refractivity contribution in [3.05, 3.63) is 58.9 Å². The van der Waals surface area contributed by atoms with Crippen LogP contribution in [-0.2, 0) is 6.42 Å². The van der Waals surface area contributed by atoms with Gasteiger partial charge in [0.15, 0.2) is 11.5 Å². The van der Waals surface area contributed by atoms with Crippen LogP contribution in [0.4, 0.5) is 11.4 Å². The van der Waals surface area contributed by atoms with E-state index in [0.29, 0.717) is 11.5 Å². The fourth-order valence-corrected chi connectivity index (χ4v) is 4.51. The van der Waals surface area contributed by atoms with Crippen LogP contribution >= 0.6 is 11.3 Å². The molecule has 0 unspecified atom stereocenters. The van der Waals surface area contributed by atoms with Crippen molar-refractivity contribution in [2.24, 2.45) is 0 Å². The molecule has 28 heavy (non-hydrogen) atoms. The van der Waals surface area contributed by atoms with Crippen molar-refractivity contribution < 1.29 is 9.47 Å². The van der Waals surface area contributed by atoms with Crippen LogP contribution in [0, 0.1) is 0 Å². The second-order valence-corrected chi connectivity index (χ2v) is 7.49. The molecule has 140 valence electrons. The Labute approximate surface area is 167 Å². The quantitative estimate of drug-likeness (QED) is 0.488. The van der Waals surface area contributed by atoms with E-state index < -0.39 is 0 Å². The van der Waals surface area contributed by atoms with Crippen molar-refractivity contribution >= 4 is 33.6 Å². The van der Waals surface area contributed by atoms with Crippen molar-refractivity contribution in [3.8, 4) is 22.6 Å². The molecule has 0 atom stereocenters. The predicted octanol–water partition coefficient (Wildman–Crippen LogP) is 5.07. The SMILES string of the molecule is COc1cc2nncc(N3CCc4cc(-c5ccsc5)ccc43)c2cc1OC. The molecule has 2 aromatic heterocycles. The fraction of sp³-hybridized carbons (Fsp3) is 0.182. The summed E-state index contributed by atoms with van der Waals surface area (Å²) in [6, 6.07) is 12.7. The molecule has 1 aliphatic heterocycles. The van der Waals surface area contributed by atoms with Gasteiger partial charge < -0.3 is 14.4 Å². The third-order valence-electron chi connectivity index (χ3n) is 5.24. The Balaban J connectivity index is 1.61. The van der Waals surface area contributed by atoms with Crippen molar-refractivity contribution in [3.63, 3.8) is 0 Å². The van der Waals surface area contributed by atoms with Crippen molar-refractivity contribution in [1.29, 1.82) is 0 Å². The summed E-state index contributed by atoms with van der Waals surface area (Å²) >= 11 is 1.73. The summed E-state index contributed by atoms with van der Waals surface area (Å²) in [6.45, 7) is 0.914. The predicted molar refractivity (Wildman–Crippen MR) is 113 cm³/mol. The van der Waals surface area contributed by atoms with Crippen molar-refractivity contribution in [2.75, 3.05) is 25.7 Å². The Morgan fingerprint density at radius 1 is 0.964 bits per heavy atom. The van der Waals surface area contributed by atoms with Crippen LogP contribution in [0.25, 0.3) is 22.0 Å². The summed E-state index contributed by atoms with van der Waals surface area (Å²) < 4.78 is 10.9. The lowest BCUT2D eigenvalue weighted by atomic mass is 10.0. The Morgan fingerprint density at radius 3 is 2.61 bits per heavy atom. The monoisotopic (exact) mass is 389 g/mol. The highest BCUT2D eigenvalue weighted by atomic mass is 32.1. The first-order valence-electron chi connectivity index (χ1n) is 9.09. The zero-order valence-electron chi connectivity index (χ0n) is 15.7. The number of thiophene rings is 1. The number of methoxy groups -OCH3 is 2. The van der Waals surface area contributed by atoms with Crippen LogP contribution in [-0.4, -0.2) is 31.0 Å². The molecule has 5 rings (SSSR count). The molecule has 0 fully saturated rings. The van der Waals surface area contributed by atoms with Gasteiger partial charge in [-0.2, -0.15) is 21.5 Å². The largest absolute Gasteiger partial charge is 0.493 e. The minimum absolute atomic E-state index is 0.656. The molecule has 5 nitrogen and oxygen atoms in total. The summed E-state index contributed by atoms with van der Waals surface area (Å²) in [5.74, 6) is 1.35. The maximum Gasteiger partial charge on any atom is 0.162 e. The minimum atomic E-state index is 0.656. The fourth-order valence-electron chi connectivity index (χ4n) is 3.85. The van der Waals surface area contributed by atoms with Gasteiger partial charge in [-0.05, 0) is 58.1 Å². The van der Waals surface area contributed by atoms with E-state index in [4.69, 9.17) is 9.47 Å². The minimum Gasteiger partial charge on any atom is -0.493 e. The first-order valence-corrected chi connectivity index (χ1v) is 10.0. The molecule has 0 amide bonds. The molecular formula is C22H19N3O2S. The van der Waals surface area contributed by atoms with E-state index in [9.17, 15) is 0 Å².